The molecular weight excluding hydrogens is 355 g/mol. The van der Waals surface area contributed by atoms with Crippen LogP contribution >= 0.6 is 7.37 Å². The first kappa shape index (κ1) is 21.1. The highest BCUT2D eigenvalue weighted by Crippen LogP contribution is 2.50. The quantitative estimate of drug-likeness (QED) is 0.509. The zero-order chi connectivity index (χ0) is 19.4. The second-order valence-corrected chi connectivity index (χ2v) is 10.7. The van der Waals surface area contributed by atoms with Gasteiger partial charge >= 0.3 is 5.97 Å². The second kappa shape index (κ2) is 8.66. The fourth-order valence-electron chi connectivity index (χ4n) is 3.20. The minimum atomic E-state index is -3.24. The normalized spacial score (nSPS) is 19.7. The fourth-order valence-corrected chi connectivity index (χ4v) is 4.82. The number of carbonyl (C=O) groups excluding carboxylic acids is 1. The van der Waals surface area contributed by atoms with Crippen LogP contribution in [0.25, 0.3) is 0 Å². The maximum Gasteiger partial charge on any atom is 0.319 e. The third-order valence-electron chi connectivity index (χ3n) is 4.45. The van der Waals surface area contributed by atoms with E-state index in [1.165, 1.54) is 25.9 Å². The predicted octanol–water partition coefficient (Wildman–Crippen LogP) is 4.31. The third-order valence-corrected chi connectivity index (χ3v) is 6.75. The minimum absolute atomic E-state index is 0.0579. The number of hydrogen-bond acceptors (Lipinski definition) is 7. The van der Waals surface area contributed by atoms with Crippen molar-refractivity contribution in [3.63, 3.8) is 0 Å². The van der Waals surface area contributed by atoms with Crippen molar-refractivity contribution in [1.29, 1.82) is 0 Å². The first-order chi connectivity index (χ1) is 12.1. The van der Waals surface area contributed by atoms with E-state index in [-0.39, 0.29) is 13.0 Å². The summed E-state index contributed by atoms with van der Waals surface area (Å²) in [6.45, 7) is 8.79. The van der Waals surface area contributed by atoms with Crippen LogP contribution in [0.3, 0.4) is 0 Å². The Kier molecular flexibility index (Phi) is 7.03. The molecule has 1 aliphatic carbocycles. The Hall–Kier alpha value is -1.20. The summed E-state index contributed by atoms with van der Waals surface area (Å²) in [7, 11) is -3.24. The van der Waals surface area contributed by atoms with Crippen molar-refractivity contribution in [2.75, 3.05) is 13.3 Å². The van der Waals surface area contributed by atoms with Crippen LogP contribution in [0.4, 0.5) is 0 Å². The zero-order valence-electron chi connectivity index (χ0n) is 16.5. The molecular formula is C18H31N2O5P. The van der Waals surface area contributed by atoms with Gasteiger partial charge < -0.3 is 13.8 Å². The summed E-state index contributed by atoms with van der Waals surface area (Å²) in [5, 5.41) is 4.09. The fraction of sp³-hybridized carbons (Fsp3) is 0.833. The van der Waals surface area contributed by atoms with Gasteiger partial charge in [-0.25, -0.2) is 0 Å². The number of aromatic nitrogens is 2. The summed E-state index contributed by atoms with van der Waals surface area (Å²) in [6, 6.07) is 0. The summed E-state index contributed by atoms with van der Waals surface area (Å²) in [5.74, 6) is 0.740. The van der Waals surface area contributed by atoms with Gasteiger partial charge in [0.1, 0.15) is 11.3 Å². The molecule has 7 nitrogen and oxygen atoms in total. The van der Waals surface area contributed by atoms with Crippen molar-refractivity contribution in [3.05, 3.63) is 11.7 Å². The maximum absolute atomic E-state index is 12.9. The van der Waals surface area contributed by atoms with Crippen LogP contribution in [0.5, 0.6) is 0 Å². The van der Waals surface area contributed by atoms with Crippen LogP contribution < -0.4 is 0 Å². The molecule has 26 heavy (non-hydrogen) atoms. The Morgan fingerprint density at radius 3 is 2.54 bits per heavy atom. The van der Waals surface area contributed by atoms with Gasteiger partial charge in [0.2, 0.25) is 13.3 Å². The van der Waals surface area contributed by atoms with Crippen molar-refractivity contribution >= 4 is 13.3 Å². The van der Waals surface area contributed by atoms with Gasteiger partial charge in [-0.2, -0.15) is 4.98 Å². The maximum atomic E-state index is 12.9. The van der Waals surface area contributed by atoms with E-state index in [1.807, 2.05) is 0 Å². The number of hydrogen-bond donors (Lipinski definition) is 0. The van der Waals surface area contributed by atoms with Gasteiger partial charge in [0.05, 0.1) is 6.61 Å². The lowest BCUT2D eigenvalue weighted by molar-refractivity contribution is -0.154. The molecule has 148 valence electrons. The lowest BCUT2D eigenvalue weighted by atomic mass is 9.89. The van der Waals surface area contributed by atoms with E-state index in [4.69, 9.17) is 13.8 Å². The van der Waals surface area contributed by atoms with Crippen molar-refractivity contribution in [2.24, 2.45) is 0 Å². The Morgan fingerprint density at radius 1 is 1.31 bits per heavy atom. The highest BCUT2D eigenvalue weighted by molar-refractivity contribution is 7.60. The van der Waals surface area contributed by atoms with Crippen LogP contribution in [0, 0.1) is 0 Å². The monoisotopic (exact) mass is 386 g/mol. The summed E-state index contributed by atoms with van der Waals surface area (Å²) in [5.41, 5.74) is -1.63. The molecule has 2 unspecified atom stereocenters. The number of nitrogens with zero attached hydrogens (tertiary/aromatic N) is 2. The van der Waals surface area contributed by atoms with Crippen LogP contribution in [-0.2, 0) is 25.0 Å². The summed E-state index contributed by atoms with van der Waals surface area (Å²) in [6.07, 6.45) is 5.75. The molecule has 0 saturated heterocycles. The summed E-state index contributed by atoms with van der Waals surface area (Å²) < 4.78 is 29.1. The Balaban J connectivity index is 2.17. The van der Waals surface area contributed by atoms with E-state index in [9.17, 15) is 9.36 Å². The van der Waals surface area contributed by atoms with Gasteiger partial charge in [0, 0.05) is 19.0 Å². The van der Waals surface area contributed by atoms with Crippen molar-refractivity contribution in [1.82, 2.24) is 10.1 Å². The van der Waals surface area contributed by atoms with Gasteiger partial charge in [-0.15, -0.1) is 0 Å². The highest BCUT2D eigenvalue weighted by atomic mass is 31.2. The first-order valence-electron chi connectivity index (χ1n) is 9.39. The van der Waals surface area contributed by atoms with Gasteiger partial charge in [0.15, 0.2) is 5.82 Å². The smallest absolute Gasteiger partial charge is 0.319 e. The molecule has 0 N–H and O–H groups in total. The zero-order valence-corrected chi connectivity index (χ0v) is 17.4. The predicted molar refractivity (Wildman–Crippen MR) is 98.6 cm³/mol. The lowest BCUT2D eigenvalue weighted by Gasteiger charge is -2.26. The molecule has 0 aromatic carbocycles. The van der Waals surface area contributed by atoms with Gasteiger partial charge in [0.25, 0.3) is 0 Å². The van der Waals surface area contributed by atoms with Crippen LogP contribution in [0.2, 0.25) is 0 Å². The van der Waals surface area contributed by atoms with E-state index < -0.39 is 24.6 Å². The number of ether oxygens (including phenoxy) is 1. The Labute approximate surface area is 155 Å². The summed E-state index contributed by atoms with van der Waals surface area (Å²) in [4.78, 5) is 17.1. The molecule has 2 rings (SSSR count). The van der Waals surface area contributed by atoms with Crippen LogP contribution in [0.1, 0.15) is 77.4 Å². The molecule has 1 fully saturated rings. The van der Waals surface area contributed by atoms with E-state index in [2.05, 4.69) is 10.1 Å². The molecule has 1 heterocycles. The Bertz CT molecular complexity index is 646. The van der Waals surface area contributed by atoms with E-state index in [1.54, 1.807) is 27.7 Å². The number of rotatable bonds is 7. The van der Waals surface area contributed by atoms with Crippen molar-refractivity contribution < 1.29 is 23.1 Å². The molecule has 2 atom stereocenters. The minimum Gasteiger partial charge on any atom is -0.459 e. The van der Waals surface area contributed by atoms with E-state index in [0.29, 0.717) is 17.6 Å². The molecule has 1 aromatic rings. The summed E-state index contributed by atoms with van der Waals surface area (Å²) >= 11 is 0. The standard InChI is InChI=1S/C18H31N2O5P/c1-6-23-26(5,22)14(17(21)24-18(2,3)4)12-15-19-16(20-25-15)13-10-8-7-9-11-13/h13-14H,6-12H2,1-5H3. The topological polar surface area (TPSA) is 91.5 Å². The van der Waals surface area contributed by atoms with Crippen LogP contribution in [-0.4, -0.2) is 40.6 Å². The lowest BCUT2D eigenvalue weighted by Crippen LogP contribution is -2.33. The molecule has 1 saturated carbocycles. The molecule has 0 aliphatic heterocycles. The largest absolute Gasteiger partial charge is 0.459 e. The molecule has 0 radical (unpaired) electrons. The van der Waals surface area contributed by atoms with Gasteiger partial charge in [-0.05, 0) is 40.5 Å². The third kappa shape index (κ3) is 5.92. The van der Waals surface area contributed by atoms with Gasteiger partial charge in [-0.3, -0.25) is 9.36 Å². The highest BCUT2D eigenvalue weighted by Gasteiger charge is 2.40. The van der Waals surface area contributed by atoms with E-state index >= 15 is 0 Å². The average molecular weight is 386 g/mol. The molecule has 0 spiro atoms. The van der Waals surface area contributed by atoms with E-state index in [0.717, 1.165) is 12.8 Å². The molecule has 8 heteroatoms. The van der Waals surface area contributed by atoms with Crippen molar-refractivity contribution in [3.8, 4) is 0 Å². The molecule has 0 bridgehead atoms. The second-order valence-electron chi connectivity index (χ2n) is 7.96. The van der Waals surface area contributed by atoms with Crippen LogP contribution in [0.15, 0.2) is 4.52 Å². The molecule has 1 aliphatic rings. The first-order valence-corrected chi connectivity index (χ1v) is 11.5. The van der Waals surface area contributed by atoms with Crippen molar-refractivity contribution in [2.45, 2.75) is 83.4 Å². The molecule has 0 amide bonds. The SMILES string of the molecule is CCOP(C)(=O)C(Cc1nc(C2CCCCC2)no1)C(=O)OC(C)(C)C. The number of carbonyl (C=O) groups is 1. The van der Waals surface area contributed by atoms with Gasteiger partial charge in [-0.1, -0.05) is 24.4 Å². The molecule has 1 aromatic heterocycles. The average Bonchev–Trinajstić information content (AvgIpc) is 3.00. The number of esters is 1. The Morgan fingerprint density at radius 2 is 1.96 bits per heavy atom.